The van der Waals surface area contributed by atoms with Gasteiger partial charge in [0, 0.05) is 12.8 Å². The molecule has 0 N–H and O–H groups in total. The van der Waals surface area contributed by atoms with Gasteiger partial charge in [0.25, 0.3) is 0 Å². The summed E-state index contributed by atoms with van der Waals surface area (Å²) in [5, 5.41) is 0. The maximum atomic E-state index is 12.0. The van der Waals surface area contributed by atoms with Crippen molar-refractivity contribution in [3.63, 3.8) is 0 Å². The number of halogens is 3. The fourth-order valence-electron chi connectivity index (χ4n) is 0.887. The van der Waals surface area contributed by atoms with Crippen molar-refractivity contribution in [3.8, 4) is 0 Å². The Kier molecular flexibility index (Phi) is 2.02. The lowest BCUT2D eigenvalue weighted by Crippen LogP contribution is -2.17. The van der Waals surface area contributed by atoms with Crippen molar-refractivity contribution in [1.82, 2.24) is 0 Å². The number of allylic oxidation sites excluding steroid dienone is 1. The quantitative estimate of drug-likeness (QED) is 0.519. The first kappa shape index (κ1) is 8.30. The highest BCUT2D eigenvalue weighted by molar-refractivity contribution is 5.81. The monoisotopic (exact) mass is 163 g/mol. The first-order valence-electron chi connectivity index (χ1n) is 3.29. The van der Waals surface area contributed by atoms with Crippen LogP contribution in [0.5, 0.6) is 0 Å². The molecule has 0 aromatic rings. The second-order valence-corrected chi connectivity index (χ2v) is 2.59. The summed E-state index contributed by atoms with van der Waals surface area (Å²) in [6, 6.07) is 0. The van der Waals surface area contributed by atoms with Crippen molar-refractivity contribution < 1.29 is 13.2 Å². The Bertz CT molecular complexity index is 202. The zero-order valence-electron chi connectivity index (χ0n) is 6.02. The fourth-order valence-corrected chi connectivity index (χ4v) is 0.887. The maximum absolute atomic E-state index is 12.0. The highest BCUT2D eigenvalue weighted by atomic mass is 19.4. The van der Waals surface area contributed by atoms with E-state index < -0.39 is 11.7 Å². The van der Waals surface area contributed by atoms with Gasteiger partial charge in [-0.2, -0.15) is 13.2 Å². The molecule has 0 bridgehead atoms. The van der Waals surface area contributed by atoms with Gasteiger partial charge in [0.1, 0.15) is 0 Å². The van der Waals surface area contributed by atoms with Gasteiger partial charge in [-0.05, 0) is 5.92 Å². The zero-order valence-corrected chi connectivity index (χ0v) is 6.02. The minimum absolute atomic E-state index is 0.100. The van der Waals surface area contributed by atoms with E-state index in [1.54, 1.807) is 6.92 Å². The first-order chi connectivity index (χ1) is 5.00. The summed E-state index contributed by atoms with van der Waals surface area (Å²) in [5.74, 6) is -0.100. The molecule has 1 aliphatic rings. The van der Waals surface area contributed by atoms with Crippen LogP contribution in [0.25, 0.3) is 0 Å². The molecule has 1 unspecified atom stereocenters. The van der Waals surface area contributed by atoms with Crippen LogP contribution in [-0.4, -0.2) is 18.9 Å². The van der Waals surface area contributed by atoms with Crippen LogP contribution in [0, 0.1) is 5.92 Å². The number of alkyl halides is 3. The summed E-state index contributed by atoms with van der Waals surface area (Å²) in [6.45, 7) is 2.17. The molecular weight excluding hydrogens is 155 g/mol. The number of rotatable bonds is 0. The molecule has 11 heavy (non-hydrogen) atoms. The van der Waals surface area contributed by atoms with Gasteiger partial charge in [-0.25, -0.2) is 0 Å². The van der Waals surface area contributed by atoms with Crippen LogP contribution in [0.1, 0.15) is 6.92 Å². The summed E-state index contributed by atoms with van der Waals surface area (Å²) in [7, 11) is 0. The molecule has 0 aliphatic carbocycles. The molecule has 1 aliphatic heterocycles. The SMILES string of the molecule is CC1C=C(C(F)(F)F)C=NC1. The van der Waals surface area contributed by atoms with Crippen molar-refractivity contribution in [1.29, 1.82) is 0 Å². The molecule has 0 spiro atoms. The number of dihydropyridines is 1. The molecule has 0 amide bonds. The summed E-state index contributed by atoms with van der Waals surface area (Å²) in [4.78, 5) is 3.59. The molecule has 1 atom stereocenters. The zero-order chi connectivity index (χ0) is 8.48. The smallest absolute Gasteiger partial charge is 0.292 e. The average molecular weight is 163 g/mol. The minimum Gasteiger partial charge on any atom is -0.292 e. The van der Waals surface area contributed by atoms with Gasteiger partial charge < -0.3 is 0 Å². The van der Waals surface area contributed by atoms with Gasteiger partial charge >= 0.3 is 6.18 Å². The molecule has 0 radical (unpaired) electrons. The standard InChI is InChI=1S/C7H8F3N/c1-5-2-6(4-11-3-5)7(8,9)10/h2,4-5H,3H2,1H3. The number of hydrogen-bond acceptors (Lipinski definition) is 1. The average Bonchev–Trinajstić information content (AvgIpc) is 1.86. The largest absolute Gasteiger partial charge is 0.417 e. The van der Waals surface area contributed by atoms with Gasteiger partial charge in [-0.15, -0.1) is 0 Å². The Morgan fingerprint density at radius 2 is 2.18 bits per heavy atom. The fraction of sp³-hybridized carbons (Fsp3) is 0.571. The number of aliphatic imine (C=N–C) groups is 1. The van der Waals surface area contributed by atoms with Crippen LogP contribution in [0.4, 0.5) is 13.2 Å². The summed E-state index contributed by atoms with van der Waals surface area (Å²) in [6.07, 6.45) is -2.15. The van der Waals surface area contributed by atoms with E-state index in [-0.39, 0.29) is 5.92 Å². The lowest BCUT2D eigenvalue weighted by molar-refractivity contribution is -0.0862. The van der Waals surface area contributed by atoms with Crippen molar-refractivity contribution >= 4 is 6.21 Å². The summed E-state index contributed by atoms with van der Waals surface area (Å²) < 4.78 is 35.9. The topological polar surface area (TPSA) is 12.4 Å². The highest BCUT2D eigenvalue weighted by Gasteiger charge is 2.33. The Morgan fingerprint density at radius 3 is 2.55 bits per heavy atom. The van der Waals surface area contributed by atoms with Crippen LogP contribution in [0.15, 0.2) is 16.6 Å². The number of hydrogen-bond donors (Lipinski definition) is 0. The van der Waals surface area contributed by atoms with E-state index in [1.165, 1.54) is 6.08 Å². The van der Waals surface area contributed by atoms with Crippen LogP contribution in [0.2, 0.25) is 0 Å². The van der Waals surface area contributed by atoms with Crippen molar-refractivity contribution in [3.05, 3.63) is 11.6 Å². The third kappa shape index (κ3) is 2.06. The molecule has 1 rings (SSSR count). The van der Waals surface area contributed by atoms with Crippen LogP contribution < -0.4 is 0 Å². The second kappa shape index (κ2) is 2.68. The maximum Gasteiger partial charge on any atom is 0.417 e. The lowest BCUT2D eigenvalue weighted by atomic mass is 10.1. The first-order valence-corrected chi connectivity index (χ1v) is 3.29. The molecule has 0 saturated carbocycles. The molecule has 0 aromatic carbocycles. The molecule has 1 heterocycles. The Balaban J connectivity index is 2.80. The second-order valence-electron chi connectivity index (χ2n) is 2.59. The van der Waals surface area contributed by atoms with Crippen LogP contribution in [-0.2, 0) is 0 Å². The van der Waals surface area contributed by atoms with Crippen molar-refractivity contribution in [2.45, 2.75) is 13.1 Å². The Hall–Kier alpha value is -0.800. The molecule has 62 valence electrons. The molecule has 4 heteroatoms. The van der Waals surface area contributed by atoms with Gasteiger partial charge in [-0.1, -0.05) is 13.0 Å². The lowest BCUT2D eigenvalue weighted by Gasteiger charge is -2.13. The predicted octanol–water partition coefficient (Wildman–Crippen LogP) is 2.20. The van der Waals surface area contributed by atoms with Gasteiger partial charge in [-0.3, -0.25) is 4.99 Å². The summed E-state index contributed by atoms with van der Waals surface area (Å²) in [5.41, 5.74) is -0.628. The minimum atomic E-state index is -4.24. The third-order valence-electron chi connectivity index (χ3n) is 1.42. The van der Waals surface area contributed by atoms with E-state index >= 15 is 0 Å². The van der Waals surface area contributed by atoms with Crippen LogP contribution in [0.3, 0.4) is 0 Å². The van der Waals surface area contributed by atoms with E-state index in [0.717, 1.165) is 6.21 Å². The van der Waals surface area contributed by atoms with Gasteiger partial charge in [0.15, 0.2) is 0 Å². The third-order valence-corrected chi connectivity index (χ3v) is 1.42. The number of nitrogens with zero attached hydrogens (tertiary/aromatic N) is 1. The van der Waals surface area contributed by atoms with E-state index in [0.29, 0.717) is 6.54 Å². The molecule has 1 nitrogen and oxygen atoms in total. The van der Waals surface area contributed by atoms with Gasteiger partial charge in [0.05, 0.1) is 5.57 Å². The van der Waals surface area contributed by atoms with Crippen LogP contribution >= 0.6 is 0 Å². The van der Waals surface area contributed by atoms with Crippen molar-refractivity contribution in [2.24, 2.45) is 10.9 Å². The van der Waals surface area contributed by atoms with E-state index in [2.05, 4.69) is 4.99 Å². The Labute approximate surface area is 62.6 Å². The molecule has 0 aromatic heterocycles. The van der Waals surface area contributed by atoms with E-state index in [1.807, 2.05) is 0 Å². The highest BCUT2D eigenvalue weighted by Crippen LogP contribution is 2.26. The molecule has 0 saturated heterocycles. The summed E-state index contributed by atoms with van der Waals surface area (Å²) >= 11 is 0. The Morgan fingerprint density at radius 1 is 1.55 bits per heavy atom. The van der Waals surface area contributed by atoms with E-state index in [9.17, 15) is 13.2 Å². The predicted molar refractivity (Wildman–Crippen MR) is 36.7 cm³/mol. The van der Waals surface area contributed by atoms with Gasteiger partial charge in [0.2, 0.25) is 0 Å². The van der Waals surface area contributed by atoms with Crippen molar-refractivity contribution in [2.75, 3.05) is 6.54 Å². The molecule has 0 fully saturated rings. The molecular formula is C7H8F3N. The normalized spacial score (nSPS) is 25.1. The van der Waals surface area contributed by atoms with E-state index in [4.69, 9.17) is 0 Å².